The molecule has 0 fully saturated rings. The molecule has 0 aliphatic carbocycles. The first-order chi connectivity index (χ1) is 61.2. The molecule has 0 amide bonds. The van der Waals surface area contributed by atoms with Gasteiger partial charge in [0.05, 0.1) is 14.2 Å². The first kappa shape index (κ1) is 116. The molecule has 4 radical (unpaired) electrons. The van der Waals surface area contributed by atoms with Crippen molar-refractivity contribution in [1.29, 1.82) is 0 Å². The van der Waals surface area contributed by atoms with Crippen molar-refractivity contribution in [3.63, 3.8) is 0 Å². The number of hydrogen-bond donors (Lipinski definition) is 0. The monoisotopic (exact) mass is 2460 g/mol. The summed E-state index contributed by atoms with van der Waals surface area (Å²) in [6.45, 7) is 9.89. The second-order valence-corrected chi connectivity index (χ2v) is 25.5. The second kappa shape index (κ2) is 70.3. The predicted molar refractivity (Wildman–Crippen MR) is 493 cm³/mol. The van der Waals surface area contributed by atoms with Crippen molar-refractivity contribution in [1.82, 2.24) is 39.9 Å². The topological polar surface area (TPSA) is 312 Å². The zero-order valence-corrected chi connectivity index (χ0v) is 81.3. The summed E-state index contributed by atoms with van der Waals surface area (Å²) in [5, 5.41) is 0. The molecule has 8 aromatic carbocycles. The van der Waals surface area contributed by atoms with Crippen molar-refractivity contribution in [3.8, 4) is 102 Å². The largest absolute Gasteiger partial charge is 0.679 e. The fourth-order valence-corrected chi connectivity index (χ4v) is 9.49. The van der Waals surface area contributed by atoms with E-state index in [2.05, 4.69) is 88.4 Å². The van der Waals surface area contributed by atoms with Crippen molar-refractivity contribution in [2.45, 2.75) is 27.7 Å². The van der Waals surface area contributed by atoms with Gasteiger partial charge in [-0.2, -0.15) is 52.4 Å². The Labute approximate surface area is 813 Å². The molecule has 28 heteroatoms. The van der Waals surface area contributed by atoms with Crippen LogP contribution in [0.15, 0.2) is 316 Å². The number of ether oxygens (including phenoxy) is 2. The normalized spacial score (nSPS) is 9.38. The average Bonchev–Trinajstić information content (AvgIpc) is 0.841. The van der Waals surface area contributed by atoms with Gasteiger partial charge in [-0.1, -0.05) is 120 Å². The molecular formula is C102H94F6Ir4N16O2-16. The van der Waals surface area contributed by atoms with Crippen molar-refractivity contribution in [3.05, 3.63) is 468 Å². The van der Waals surface area contributed by atoms with Gasteiger partial charge in [0.25, 0.3) is 0 Å². The number of pyridine rings is 8. The van der Waals surface area contributed by atoms with Gasteiger partial charge < -0.3 is 95.2 Å². The molecule has 0 unspecified atom stereocenters. The van der Waals surface area contributed by atoms with Gasteiger partial charge in [-0.15, -0.1) is 215 Å². The number of aromatic nitrogens is 8. The Hall–Kier alpha value is -11.6. The summed E-state index contributed by atoms with van der Waals surface area (Å²) in [7, 11) is 3.29. The summed E-state index contributed by atoms with van der Waals surface area (Å²) in [5.41, 5.74) is 67.0. The molecule has 0 spiro atoms. The van der Waals surface area contributed by atoms with Crippen LogP contribution in [-0.4, -0.2) is 106 Å². The summed E-state index contributed by atoms with van der Waals surface area (Å²) in [5.74, 6) is -1.50. The molecule has 16 aromatic rings. The summed E-state index contributed by atoms with van der Waals surface area (Å²) in [6, 6.07) is 101. The third kappa shape index (κ3) is 46.6. The number of benzene rings is 8. The van der Waals surface area contributed by atoms with E-state index in [4.69, 9.17) is 55.3 Å². The third-order valence-corrected chi connectivity index (χ3v) is 15.7. The van der Waals surface area contributed by atoms with Crippen LogP contribution in [0.1, 0.15) is 22.3 Å². The fourth-order valence-electron chi connectivity index (χ4n) is 9.49. The van der Waals surface area contributed by atoms with Gasteiger partial charge in [-0.25, -0.2) is 0 Å². The van der Waals surface area contributed by atoms with E-state index in [1.54, 1.807) is 99.9 Å². The Morgan fingerprint density at radius 1 is 0.246 bits per heavy atom. The van der Waals surface area contributed by atoms with Crippen LogP contribution in [0.4, 0.5) is 26.3 Å². The molecule has 18 nitrogen and oxygen atoms in total. The quantitative estimate of drug-likeness (QED) is 0.0731. The molecule has 688 valence electrons. The Kier molecular flexibility index (Phi) is 63.0. The van der Waals surface area contributed by atoms with Crippen LogP contribution >= 0.6 is 0 Å². The van der Waals surface area contributed by atoms with Gasteiger partial charge in [0, 0.05) is 176 Å². The van der Waals surface area contributed by atoms with Gasteiger partial charge >= 0.3 is 0 Å². The van der Waals surface area contributed by atoms with Crippen molar-refractivity contribution in [2.24, 2.45) is 0 Å². The number of nitrogens with zero attached hydrogens (tertiary/aromatic N) is 8. The van der Waals surface area contributed by atoms with Crippen LogP contribution in [0.2, 0.25) is 0 Å². The van der Waals surface area contributed by atoms with E-state index in [0.29, 0.717) is 11.4 Å². The van der Waals surface area contributed by atoms with E-state index < -0.39 is 23.3 Å². The van der Waals surface area contributed by atoms with E-state index in [1.807, 2.05) is 210 Å². The van der Waals surface area contributed by atoms with Crippen LogP contribution in [-0.2, 0) is 80.4 Å². The first-order valence-electron chi connectivity index (χ1n) is 38.9. The molecule has 130 heavy (non-hydrogen) atoms. The molecule has 0 saturated heterocycles. The SMILES string of the molecule is COc1c[c-]c(-c2ccc(C)cn2)cc1.COc1c[c-]c(-c2ccc(C)cn2)cc1.Cc1ccc(-c2[c-]cc(F)cc2)nc1.Cc1ccc(-c2[c-]cc(F)cc2)nc1.Fc1c[c-]c(-c2ccccn2)c(F)c1.Fc1c[c-]c(-c2ccccn2)c(F)c1.[Ir].[Ir].[Ir].[Ir].[NH-]CC[NH-].[NH-]CC[NH-].[NH-]CC[NH-].[NH-]CC[NH-].[c-]1ccccc1-c1ccccn1.[c-]1ccccc1-c1ccccn1. The van der Waals surface area contributed by atoms with Crippen LogP contribution in [0, 0.1) is 111 Å². The number of aryl methyl sites for hydroxylation is 4. The standard InChI is InChI=1S/2C13H12NO.2C12H9FN.2C11H6F2N.2C11H8N.4C2H6N2.4Ir/c2*1-10-3-8-13(14-9-10)11-4-6-12(15-2)7-5-11;2*1-9-2-7-12(14-8-9)10-3-5-11(13)6-4-10;2*12-8-4-5-9(10(13)7-8)11-3-1-2-6-14-11;2*1-2-6-10(7-3-1)11-8-4-5-9-12-11;4*3-1-2-4;;;;/h2*3-4,6-9H,1-2H3;2*2-3,5-8H,1H3;2*1-4,6-7H;2*1-6,8-9H;4*3-4H,1-2H2;;;;/q8*-1;4*-2;;;;. The van der Waals surface area contributed by atoms with Crippen molar-refractivity contribution < 1.29 is 116 Å². The molecule has 8 aromatic heterocycles. The number of hydrogen-bond acceptors (Lipinski definition) is 10. The Balaban J connectivity index is 0.000000722. The van der Waals surface area contributed by atoms with Crippen LogP contribution in [0.3, 0.4) is 0 Å². The zero-order chi connectivity index (χ0) is 91.3. The molecule has 0 atom stereocenters. The molecule has 0 saturated carbocycles. The Morgan fingerprint density at radius 2 is 0.492 bits per heavy atom. The number of methoxy groups -OCH3 is 2. The number of halogens is 6. The smallest absolute Gasteiger partial charge is 0.0647 e. The van der Waals surface area contributed by atoms with Gasteiger partial charge in [0.2, 0.25) is 0 Å². The van der Waals surface area contributed by atoms with Crippen molar-refractivity contribution >= 4 is 0 Å². The van der Waals surface area contributed by atoms with E-state index in [-0.39, 0.29) is 156 Å². The van der Waals surface area contributed by atoms with E-state index in [9.17, 15) is 26.3 Å². The number of nitrogens with one attached hydrogen (secondary N) is 8. The van der Waals surface area contributed by atoms with Crippen LogP contribution < -0.4 is 9.47 Å². The molecule has 0 bridgehead atoms. The fraction of sp³-hybridized carbons (Fsp3) is 0.137. The van der Waals surface area contributed by atoms with Gasteiger partial charge in [-0.05, 0) is 120 Å². The van der Waals surface area contributed by atoms with E-state index in [1.165, 1.54) is 24.3 Å². The van der Waals surface area contributed by atoms with Crippen LogP contribution in [0.5, 0.6) is 11.5 Å². The molecule has 16 rings (SSSR count). The van der Waals surface area contributed by atoms with Gasteiger partial charge in [0.1, 0.15) is 0 Å². The third-order valence-electron chi connectivity index (χ3n) is 15.7. The first-order valence-corrected chi connectivity index (χ1v) is 38.9. The predicted octanol–water partition coefficient (Wildman–Crippen LogP) is 26.8. The molecule has 8 N–H and O–H groups in total. The summed E-state index contributed by atoms with van der Waals surface area (Å²) < 4.78 is 87.0. The minimum Gasteiger partial charge on any atom is -0.679 e. The Bertz CT molecular complexity index is 4980. The maximum absolute atomic E-state index is 13.2. The van der Waals surface area contributed by atoms with Gasteiger partial charge in [0.15, 0.2) is 0 Å². The molecule has 8 heterocycles. The average molecular weight is 2460 g/mol. The number of rotatable bonds is 14. The summed E-state index contributed by atoms with van der Waals surface area (Å²) >= 11 is 0. The maximum Gasteiger partial charge on any atom is 0.0647 e. The summed E-state index contributed by atoms with van der Waals surface area (Å²) in [6.07, 6.45) is 13.9. The van der Waals surface area contributed by atoms with E-state index in [0.717, 1.165) is 126 Å². The molecule has 0 aliphatic rings. The second-order valence-electron chi connectivity index (χ2n) is 25.5. The van der Waals surface area contributed by atoms with Crippen LogP contribution in [0.25, 0.3) is 136 Å². The maximum atomic E-state index is 13.2. The minimum absolute atomic E-state index is 0. The van der Waals surface area contributed by atoms with E-state index >= 15 is 0 Å². The molecule has 0 aliphatic heterocycles. The van der Waals surface area contributed by atoms with Gasteiger partial charge in [-0.3, -0.25) is 26.3 Å². The Morgan fingerprint density at radius 3 is 0.692 bits per heavy atom. The zero-order valence-electron chi connectivity index (χ0n) is 71.7. The van der Waals surface area contributed by atoms with Crippen molar-refractivity contribution in [2.75, 3.05) is 66.6 Å². The minimum atomic E-state index is -0.649. The molecular weight excluding hydrogens is 2360 g/mol. The summed E-state index contributed by atoms with van der Waals surface area (Å²) in [4.78, 5) is 33.4.